The second kappa shape index (κ2) is 8.02. The van der Waals surface area contributed by atoms with Gasteiger partial charge in [-0.05, 0) is 41.0 Å². The quantitative estimate of drug-likeness (QED) is 0.600. The molecule has 0 aliphatic rings. The van der Waals surface area contributed by atoms with E-state index in [0.717, 1.165) is 22.4 Å². The first-order valence-electron chi connectivity index (χ1n) is 7.86. The first-order chi connectivity index (χ1) is 11.9. The van der Waals surface area contributed by atoms with Crippen LogP contribution in [0.1, 0.15) is 22.7 Å². The highest BCUT2D eigenvalue weighted by atomic mass is 16.5. The van der Waals surface area contributed by atoms with E-state index >= 15 is 0 Å². The van der Waals surface area contributed by atoms with Crippen LogP contribution in [0.15, 0.2) is 84.3 Å². The van der Waals surface area contributed by atoms with Crippen LogP contribution in [0.4, 0.5) is 0 Å². The lowest BCUT2D eigenvalue weighted by molar-refractivity contribution is 0.321. The Labute approximate surface area is 141 Å². The van der Waals surface area contributed by atoms with E-state index in [0.29, 0.717) is 13.0 Å². The summed E-state index contributed by atoms with van der Waals surface area (Å²) in [6, 6.07) is 20.7. The lowest BCUT2D eigenvalue weighted by Gasteiger charge is -2.15. The molecule has 1 unspecified atom stereocenters. The van der Waals surface area contributed by atoms with Crippen molar-refractivity contribution in [1.82, 2.24) is 4.98 Å². The molecule has 2 aromatic carbocycles. The van der Waals surface area contributed by atoms with Crippen molar-refractivity contribution in [3.8, 4) is 5.75 Å². The summed E-state index contributed by atoms with van der Waals surface area (Å²) >= 11 is 0. The molecule has 0 aliphatic heterocycles. The first-order valence-corrected chi connectivity index (χ1v) is 7.86. The third kappa shape index (κ3) is 3.84. The van der Waals surface area contributed by atoms with Crippen molar-refractivity contribution in [3.63, 3.8) is 0 Å². The highest BCUT2D eigenvalue weighted by molar-refractivity contribution is 5.37. The van der Waals surface area contributed by atoms with Crippen molar-refractivity contribution in [2.75, 3.05) is 6.61 Å². The smallest absolute Gasteiger partial charge is 0.142 e. The molecule has 0 saturated heterocycles. The average molecular weight is 318 g/mol. The Bertz CT molecular complexity index is 776. The Balaban J connectivity index is 1.76. The van der Waals surface area contributed by atoms with Crippen LogP contribution in [-0.2, 0) is 6.42 Å². The minimum Gasteiger partial charge on any atom is -0.493 e. The van der Waals surface area contributed by atoms with Gasteiger partial charge in [0, 0.05) is 18.8 Å². The van der Waals surface area contributed by atoms with Gasteiger partial charge in [0.1, 0.15) is 11.8 Å². The number of aromatic nitrogens is 1. The molecule has 0 spiro atoms. The van der Waals surface area contributed by atoms with Gasteiger partial charge in [-0.1, -0.05) is 47.6 Å². The van der Waals surface area contributed by atoms with Crippen LogP contribution in [0.3, 0.4) is 0 Å². The second-order valence-electron chi connectivity index (χ2n) is 5.40. The third-order valence-electron chi connectivity index (χ3n) is 3.86. The molecular weight excluding hydrogens is 300 g/mol. The van der Waals surface area contributed by atoms with Crippen LogP contribution in [0.2, 0.25) is 0 Å². The Morgan fingerprint density at radius 2 is 1.62 bits per heavy atom. The molecule has 3 aromatic rings. The van der Waals surface area contributed by atoms with Gasteiger partial charge in [-0.15, -0.1) is 4.91 Å². The SMILES string of the molecule is O=NC(c1ccncc1)c1ccccc1CCOc1ccccc1. The molecule has 0 fully saturated rings. The highest BCUT2D eigenvalue weighted by Gasteiger charge is 2.17. The monoisotopic (exact) mass is 318 g/mol. The van der Waals surface area contributed by atoms with Gasteiger partial charge in [0.2, 0.25) is 0 Å². The molecule has 4 nitrogen and oxygen atoms in total. The zero-order chi connectivity index (χ0) is 16.6. The van der Waals surface area contributed by atoms with Crippen LogP contribution in [-0.4, -0.2) is 11.6 Å². The summed E-state index contributed by atoms with van der Waals surface area (Å²) < 4.78 is 5.77. The summed E-state index contributed by atoms with van der Waals surface area (Å²) in [4.78, 5) is 15.4. The van der Waals surface area contributed by atoms with Gasteiger partial charge in [0.15, 0.2) is 0 Å². The second-order valence-corrected chi connectivity index (χ2v) is 5.40. The van der Waals surface area contributed by atoms with Crippen LogP contribution in [0.25, 0.3) is 0 Å². The molecular formula is C20H18N2O2. The van der Waals surface area contributed by atoms with E-state index in [-0.39, 0.29) is 0 Å². The zero-order valence-corrected chi connectivity index (χ0v) is 13.2. The van der Waals surface area contributed by atoms with E-state index in [2.05, 4.69) is 10.2 Å². The number of nitroso groups, excluding NO2 is 1. The van der Waals surface area contributed by atoms with Gasteiger partial charge in [0.25, 0.3) is 0 Å². The molecule has 1 aromatic heterocycles. The number of benzene rings is 2. The van der Waals surface area contributed by atoms with Gasteiger partial charge in [-0.3, -0.25) is 4.98 Å². The third-order valence-corrected chi connectivity index (χ3v) is 3.86. The number of rotatable bonds is 7. The van der Waals surface area contributed by atoms with Gasteiger partial charge >= 0.3 is 0 Å². The topological polar surface area (TPSA) is 51.5 Å². The maximum Gasteiger partial charge on any atom is 0.142 e. The van der Waals surface area contributed by atoms with Crippen molar-refractivity contribution in [2.24, 2.45) is 5.18 Å². The van der Waals surface area contributed by atoms with Crippen molar-refractivity contribution in [3.05, 3.63) is 101 Å². The van der Waals surface area contributed by atoms with Crippen LogP contribution >= 0.6 is 0 Å². The highest BCUT2D eigenvalue weighted by Crippen LogP contribution is 2.28. The van der Waals surface area contributed by atoms with Crippen LogP contribution < -0.4 is 4.74 Å². The molecule has 3 rings (SSSR count). The molecule has 120 valence electrons. The van der Waals surface area contributed by atoms with Gasteiger partial charge in [-0.2, -0.15) is 0 Å². The molecule has 0 bridgehead atoms. The number of ether oxygens (including phenoxy) is 1. The molecule has 0 saturated carbocycles. The van der Waals surface area contributed by atoms with Crippen LogP contribution in [0.5, 0.6) is 5.75 Å². The molecule has 24 heavy (non-hydrogen) atoms. The van der Waals surface area contributed by atoms with Gasteiger partial charge in [-0.25, -0.2) is 0 Å². The van der Waals surface area contributed by atoms with Crippen molar-refractivity contribution >= 4 is 0 Å². The minimum absolute atomic E-state index is 0.527. The Hall–Kier alpha value is -3.01. The predicted octanol–water partition coefficient (Wildman–Crippen LogP) is 4.56. The fourth-order valence-corrected chi connectivity index (χ4v) is 2.67. The number of hydrogen-bond donors (Lipinski definition) is 0. The normalized spacial score (nSPS) is 11.7. The summed E-state index contributed by atoms with van der Waals surface area (Å²) in [5.41, 5.74) is 2.82. The van der Waals surface area contributed by atoms with E-state index in [1.54, 1.807) is 12.4 Å². The number of hydrogen-bond acceptors (Lipinski definition) is 4. The largest absolute Gasteiger partial charge is 0.493 e. The fraction of sp³-hybridized carbons (Fsp3) is 0.150. The molecule has 1 atom stereocenters. The van der Waals surface area contributed by atoms with Crippen molar-refractivity contribution in [2.45, 2.75) is 12.5 Å². The standard InChI is InChI=1S/C20H18N2O2/c23-22-20(17-10-13-21-14-11-17)19-9-5-4-6-16(19)12-15-24-18-7-2-1-3-8-18/h1-11,13-14,20H,12,15H2. The van der Waals surface area contributed by atoms with Gasteiger partial charge in [0.05, 0.1) is 6.61 Å². The van der Waals surface area contributed by atoms with E-state index in [4.69, 9.17) is 4.74 Å². The first kappa shape index (κ1) is 15.9. The molecule has 4 heteroatoms. The fourth-order valence-electron chi connectivity index (χ4n) is 2.67. The summed E-state index contributed by atoms with van der Waals surface area (Å²) in [5.74, 6) is 0.842. The number of para-hydroxylation sites is 1. The molecule has 0 amide bonds. The van der Waals surface area contributed by atoms with E-state index in [1.807, 2.05) is 66.7 Å². The Morgan fingerprint density at radius 1 is 0.917 bits per heavy atom. The predicted molar refractivity (Wildman–Crippen MR) is 94.0 cm³/mol. The summed E-state index contributed by atoms with van der Waals surface area (Å²) in [7, 11) is 0. The number of pyridine rings is 1. The van der Waals surface area contributed by atoms with Crippen molar-refractivity contribution in [1.29, 1.82) is 0 Å². The van der Waals surface area contributed by atoms with Gasteiger partial charge < -0.3 is 4.74 Å². The molecule has 1 heterocycles. The maximum atomic E-state index is 11.5. The Morgan fingerprint density at radius 3 is 2.38 bits per heavy atom. The molecule has 0 radical (unpaired) electrons. The van der Waals surface area contributed by atoms with E-state index in [1.165, 1.54) is 0 Å². The molecule has 0 N–H and O–H groups in total. The zero-order valence-electron chi connectivity index (χ0n) is 13.2. The van der Waals surface area contributed by atoms with Crippen LogP contribution in [0, 0.1) is 4.91 Å². The van der Waals surface area contributed by atoms with Crippen molar-refractivity contribution < 1.29 is 4.74 Å². The molecule has 0 aliphatic carbocycles. The number of nitrogens with zero attached hydrogens (tertiary/aromatic N) is 2. The lowest BCUT2D eigenvalue weighted by Crippen LogP contribution is -2.07. The lowest BCUT2D eigenvalue weighted by atomic mass is 9.94. The Kier molecular flexibility index (Phi) is 5.30. The summed E-state index contributed by atoms with van der Waals surface area (Å²) in [6.45, 7) is 0.545. The summed E-state index contributed by atoms with van der Waals surface area (Å²) in [5, 5.41) is 3.34. The summed E-state index contributed by atoms with van der Waals surface area (Å²) in [6.07, 6.45) is 4.06. The average Bonchev–Trinajstić information content (AvgIpc) is 2.65. The minimum atomic E-state index is -0.527. The van der Waals surface area contributed by atoms with E-state index < -0.39 is 6.04 Å². The maximum absolute atomic E-state index is 11.5. The van der Waals surface area contributed by atoms with E-state index in [9.17, 15) is 4.91 Å².